The molecular weight excluding hydrogens is 256 g/mol. The zero-order valence-corrected chi connectivity index (χ0v) is 11.0. The Kier molecular flexibility index (Phi) is 5.45. The highest BCUT2D eigenvalue weighted by molar-refractivity contribution is 6.27. The standard InChI is InChI=1S/C12H15ClN2O3/c1-8(16)15-10-5-9(3-4-11(10)18-2)7-14-12(17)6-13/h3-5H,6-7H2,1-2H3,(H,14,17)(H,15,16). The first-order valence-corrected chi connectivity index (χ1v) is 5.87. The molecule has 0 aromatic heterocycles. The molecule has 0 heterocycles. The lowest BCUT2D eigenvalue weighted by molar-refractivity contribution is -0.119. The Morgan fingerprint density at radius 3 is 2.67 bits per heavy atom. The van der Waals surface area contributed by atoms with Crippen LogP contribution in [0.3, 0.4) is 0 Å². The number of nitrogens with one attached hydrogen (secondary N) is 2. The number of alkyl halides is 1. The van der Waals surface area contributed by atoms with Crippen molar-refractivity contribution in [1.82, 2.24) is 5.32 Å². The third-order valence-electron chi connectivity index (χ3n) is 2.19. The van der Waals surface area contributed by atoms with Gasteiger partial charge >= 0.3 is 0 Å². The first-order chi connectivity index (χ1) is 8.56. The van der Waals surface area contributed by atoms with Crippen molar-refractivity contribution < 1.29 is 14.3 Å². The van der Waals surface area contributed by atoms with E-state index in [0.29, 0.717) is 18.0 Å². The van der Waals surface area contributed by atoms with Gasteiger partial charge in [0, 0.05) is 13.5 Å². The van der Waals surface area contributed by atoms with Crippen LogP contribution in [0.4, 0.5) is 5.69 Å². The van der Waals surface area contributed by atoms with Crippen LogP contribution in [0.5, 0.6) is 5.75 Å². The zero-order chi connectivity index (χ0) is 13.5. The van der Waals surface area contributed by atoms with E-state index >= 15 is 0 Å². The summed E-state index contributed by atoms with van der Waals surface area (Å²) in [5, 5.41) is 5.31. The molecule has 0 aliphatic carbocycles. The molecule has 0 radical (unpaired) electrons. The monoisotopic (exact) mass is 270 g/mol. The molecular formula is C12H15ClN2O3. The lowest BCUT2D eigenvalue weighted by atomic mass is 10.2. The van der Waals surface area contributed by atoms with Crippen LogP contribution in [0.25, 0.3) is 0 Å². The third kappa shape index (κ3) is 4.25. The Balaban J connectivity index is 2.81. The smallest absolute Gasteiger partial charge is 0.235 e. The number of carbonyl (C=O) groups is 2. The zero-order valence-electron chi connectivity index (χ0n) is 10.2. The second-order valence-corrected chi connectivity index (χ2v) is 3.89. The predicted octanol–water partition coefficient (Wildman–Crippen LogP) is 1.51. The molecule has 0 saturated carbocycles. The second-order valence-electron chi connectivity index (χ2n) is 3.63. The number of anilines is 1. The minimum atomic E-state index is -0.242. The Morgan fingerprint density at radius 1 is 1.39 bits per heavy atom. The molecule has 0 unspecified atom stereocenters. The van der Waals surface area contributed by atoms with Crippen molar-refractivity contribution >= 4 is 29.1 Å². The average Bonchev–Trinajstić information content (AvgIpc) is 2.35. The first-order valence-electron chi connectivity index (χ1n) is 5.34. The molecule has 0 bridgehead atoms. The van der Waals surface area contributed by atoms with Gasteiger partial charge in [0.05, 0.1) is 12.8 Å². The fraction of sp³-hybridized carbons (Fsp3) is 0.333. The van der Waals surface area contributed by atoms with Gasteiger partial charge in [0.15, 0.2) is 0 Å². The molecule has 1 aromatic carbocycles. The van der Waals surface area contributed by atoms with E-state index in [9.17, 15) is 9.59 Å². The third-order valence-corrected chi connectivity index (χ3v) is 2.43. The van der Waals surface area contributed by atoms with E-state index < -0.39 is 0 Å². The van der Waals surface area contributed by atoms with Crippen LogP contribution in [-0.4, -0.2) is 24.8 Å². The SMILES string of the molecule is COc1ccc(CNC(=O)CCl)cc1NC(C)=O. The summed E-state index contributed by atoms with van der Waals surface area (Å²) in [6.07, 6.45) is 0. The highest BCUT2D eigenvalue weighted by Crippen LogP contribution is 2.25. The quantitative estimate of drug-likeness (QED) is 0.797. The molecule has 98 valence electrons. The molecule has 6 heteroatoms. The summed E-state index contributed by atoms with van der Waals surface area (Å²) in [5.41, 5.74) is 1.42. The number of hydrogen-bond acceptors (Lipinski definition) is 3. The number of carbonyl (C=O) groups excluding carboxylic acids is 2. The minimum Gasteiger partial charge on any atom is -0.495 e. The maximum atomic E-state index is 11.1. The van der Waals surface area contributed by atoms with Gasteiger partial charge in [0.25, 0.3) is 0 Å². The van der Waals surface area contributed by atoms with E-state index in [4.69, 9.17) is 16.3 Å². The molecule has 5 nitrogen and oxygen atoms in total. The molecule has 2 N–H and O–H groups in total. The molecule has 0 aliphatic heterocycles. The van der Waals surface area contributed by atoms with Crippen LogP contribution in [0, 0.1) is 0 Å². The summed E-state index contributed by atoms with van der Waals surface area (Å²) in [6, 6.07) is 5.28. The number of halogens is 1. The van der Waals surface area contributed by atoms with Gasteiger partial charge in [0.2, 0.25) is 11.8 Å². The molecule has 0 spiro atoms. The fourth-order valence-electron chi connectivity index (χ4n) is 1.40. The topological polar surface area (TPSA) is 67.4 Å². The van der Waals surface area contributed by atoms with Gasteiger partial charge in [0.1, 0.15) is 11.6 Å². The molecule has 2 amide bonds. The average molecular weight is 271 g/mol. The number of hydrogen-bond donors (Lipinski definition) is 2. The summed E-state index contributed by atoms with van der Waals surface area (Å²) < 4.78 is 5.12. The van der Waals surface area contributed by atoms with Gasteiger partial charge in [-0.3, -0.25) is 9.59 Å². The van der Waals surface area contributed by atoms with Crippen molar-refractivity contribution in [2.75, 3.05) is 18.3 Å². The van der Waals surface area contributed by atoms with Crippen molar-refractivity contribution in [2.24, 2.45) is 0 Å². The largest absolute Gasteiger partial charge is 0.495 e. The summed E-state index contributed by atoms with van der Waals surface area (Å²) in [4.78, 5) is 22.1. The van der Waals surface area contributed by atoms with E-state index in [1.165, 1.54) is 14.0 Å². The van der Waals surface area contributed by atoms with Crippen LogP contribution in [-0.2, 0) is 16.1 Å². The van der Waals surface area contributed by atoms with Gasteiger partial charge < -0.3 is 15.4 Å². The number of rotatable bonds is 5. The summed E-state index contributed by atoms with van der Waals surface area (Å²) in [5.74, 6) is 0.0655. The van der Waals surface area contributed by atoms with Crippen LogP contribution in [0.2, 0.25) is 0 Å². The lowest BCUT2D eigenvalue weighted by Gasteiger charge is -2.11. The van der Waals surface area contributed by atoms with Crippen molar-refractivity contribution in [3.8, 4) is 5.75 Å². The summed E-state index contributed by atoms with van der Waals surface area (Å²) in [7, 11) is 1.52. The number of ether oxygens (including phenoxy) is 1. The van der Waals surface area contributed by atoms with Crippen molar-refractivity contribution in [1.29, 1.82) is 0 Å². The Morgan fingerprint density at radius 2 is 2.11 bits per heavy atom. The van der Waals surface area contributed by atoms with Crippen LogP contribution in [0.1, 0.15) is 12.5 Å². The van der Waals surface area contributed by atoms with E-state index in [1.807, 2.05) is 0 Å². The van der Waals surface area contributed by atoms with Gasteiger partial charge in [-0.1, -0.05) is 6.07 Å². The summed E-state index contributed by atoms with van der Waals surface area (Å²) in [6.45, 7) is 1.77. The normalized spacial score (nSPS) is 9.72. The Labute approximate surface area is 110 Å². The molecule has 1 rings (SSSR count). The molecule has 0 atom stereocenters. The van der Waals surface area contributed by atoms with Crippen LogP contribution >= 0.6 is 11.6 Å². The highest BCUT2D eigenvalue weighted by Gasteiger charge is 2.06. The maximum Gasteiger partial charge on any atom is 0.235 e. The molecule has 0 aliphatic rings. The van der Waals surface area contributed by atoms with E-state index in [2.05, 4.69) is 10.6 Å². The number of amides is 2. The highest BCUT2D eigenvalue weighted by atomic mass is 35.5. The first kappa shape index (κ1) is 14.3. The van der Waals surface area contributed by atoms with Crippen molar-refractivity contribution in [3.63, 3.8) is 0 Å². The molecule has 18 heavy (non-hydrogen) atoms. The van der Waals surface area contributed by atoms with Crippen LogP contribution in [0.15, 0.2) is 18.2 Å². The lowest BCUT2D eigenvalue weighted by Crippen LogP contribution is -2.23. The van der Waals surface area contributed by atoms with Gasteiger partial charge in [-0.15, -0.1) is 11.6 Å². The minimum absolute atomic E-state index is 0.0747. The van der Waals surface area contributed by atoms with Gasteiger partial charge in [-0.25, -0.2) is 0 Å². The predicted molar refractivity (Wildman–Crippen MR) is 69.9 cm³/mol. The van der Waals surface area contributed by atoms with E-state index in [1.54, 1.807) is 18.2 Å². The van der Waals surface area contributed by atoms with Gasteiger partial charge in [-0.2, -0.15) is 0 Å². The second kappa shape index (κ2) is 6.86. The Bertz CT molecular complexity index is 449. The molecule has 1 aromatic rings. The fourth-order valence-corrected chi connectivity index (χ4v) is 1.49. The van der Waals surface area contributed by atoms with Crippen molar-refractivity contribution in [3.05, 3.63) is 23.8 Å². The van der Waals surface area contributed by atoms with E-state index in [0.717, 1.165) is 5.56 Å². The van der Waals surface area contributed by atoms with Crippen LogP contribution < -0.4 is 15.4 Å². The van der Waals surface area contributed by atoms with E-state index in [-0.39, 0.29) is 17.7 Å². The van der Waals surface area contributed by atoms with Crippen molar-refractivity contribution in [2.45, 2.75) is 13.5 Å². The number of benzene rings is 1. The Hall–Kier alpha value is -1.75. The summed E-state index contributed by atoms with van der Waals surface area (Å²) >= 11 is 5.38. The maximum absolute atomic E-state index is 11.1. The number of methoxy groups -OCH3 is 1. The van der Waals surface area contributed by atoms with Gasteiger partial charge in [-0.05, 0) is 17.7 Å². The molecule has 0 fully saturated rings. The molecule has 0 saturated heterocycles.